The lowest BCUT2D eigenvalue weighted by atomic mass is 10.0. The van der Waals surface area contributed by atoms with Gasteiger partial charge in [-0.25, -0.2) is 0 Å². The summed E-state index contributed by atoms with van der Waals surface area (Å²) >= 11 is 1.88. The molecule has 0 amide bonds. The summed E-state index contributed by atoms with van der Waals surface area (Å²) in [5.74, 6) is 0.450. The van der Waals surface area contributed by atoms with Gasteiger partial charge in [-0.3, -0.25) is 4.98 Å². The second-order valence-electron chi connectivity index (χ2n) is 3.05. The number of fused-ring (bicyclic) bond motifs is 1. The van der Waals surface area contributed by atoms with E-state index >= 15 is 0 Å². The largest absolute Gasteiger partial charge is 0.330 e. The van der Waals surface area contributed by atoms with E-state index in [0.717, 1.165) is 0 Å². The fraction of sp³-hybridized carbons (Fsp3) is 0.444. The van der Waals surface area contributed by atoms with Gasteiger partial charge in [-0.05, 0) is 12.1 Å². The van der Waals surface area contributed by atoms with E-state index in [1.807, 2.05) is 24.0 Å². The Morgan fingerprint density at radius 2 is 2.50 bits per heavy atom. The first-order valence-electron chi connectivity index (χ1n) is 4.14. The molecule has 1 aliphatic heterocycles. The fourth-order valence-corrected chi connectivity index (χ4v) is 2.88. The van der Waals surface area contributed by atoms with Crippen LogP contribution in [0.3, 0.4) is 0 Å². The molecule has 2 rings (SSSR count). The van der Waals surface area contributed by atoms with Crippen LogP contribution in [-0.2, 0) is 0 Å². The second kappa shape index (κ2) is 3.07. The van der Waals surface area contributed by atoms with Gasteiger partial charge in [0.1, 0.15) is 0 Å². The van der Waals surface area contributed by atoms with Crippen LogP contribution in [0.25, 0.3) is 0 Å². The molecule has 0 saturated carbocycles. The fourth-order valence-electron chi connectivity index (χ4n) is 1.59. The lowest BCUT2D eigenvalue weighted by Gasteiger charge is -2.10. The van der Waals surface area contributed by atoms with E-state index in [4.69, 9.17) is 5.73 Å². The van der Waals surface area contributed by atoms with Crippen LogP contribution in [0.5, 0.6) is 0 Å². The molecule has 1 aliphatic rings. The number of nitrogens with two attached hydrogens (primary N) is 1. The maximum absolute atomic E-state index is 5.69. The van der Waals surface area contributed by atoms with Gasteiger partial charge in [0.25, 0.3) is 0 Å². The molecule has 0 radical (unpaired) electrons. The van der Waals surface area contributed by atoms with E-state index in [2.05, 4.69) is 18.0 Å². The van der Waals surface area contributed by atoms with Crippen molar-refractivity contribution in [3.63, 3.8) is 0 Å². The molecule has 0 bridgehead atoms. The summed E-state index contributed by atoms with van der Waals surface area (Å²) in [5.41, 5.74) is 6.88. The van der Waals surface area contributed by atoms with Crippen LogP contribution in [-0.4, -0.2) is 16.8 Å². The minimum Gasteiger partial charge on any atom is -0.330 e. The van der Waals surface area contributed by atoms with Crippen molar-refractivity contribution >= 4 is 11.8 Å². The quantitative estimate of drug-likeness (QED) is 0.713. The summed E-state index contributed by atoms with van der Waals surface area (Å²) in [6.07, 6.45) is 1.85. The Labute approximate surface area is 76.6 Å². The first-order valence-corrected chi connectivity index (χ1v) is 5.02. The molecule has 1 aromatic rings. The average Bonchev–Trinajstić information content (AvgIpc) is 2.40. The third-order valence-electron chi connectivity index (χ3n) is 2.28. The zero-order chi connectivity index (χ0) is 8.55. The molecule has 2 nitrogen and oxygen atoms in total. The minimum absolute atomic E-state index is 0.450. The van der Waals surface area contributed by atoms with Crippen LogP contribution in [0.1, 0.15) is 18.5 Å². The molecule has 3 heteroatoms. The summed E-state index contributed by atoms with van der Waals surface area (Å²) in [5, 5.41) is 0.583. The van der Waals surface area contributed by atoms with Gasteiger partial charge in [0.15, 0.2) is 0 Å². The second-order valence-corrected chi connectivity index (χ2v) is 4.47. The standard InChI is InChI=1S/C9H12N2S/c1-6-7(5-10)9-8(12-6)3-2-4-11-9/h2-4,6-7H,5,10H2,1H3/t6-,7+/m0/s1. The van der Waals surface area contributed by atoms with Gasteiger partial charge in [-0.2, -0.15) is 0 Å². The Morgan fingerprint density at radius 3 is 3.25 bits per heavy atom. The number of rotatable bonds is 1. The average molecular weight is 180 g/mol. The molecule has 2 N–H and O–H groups in total. The van der Waals surface area contributed by atoms with Gasteiger partial charge in [0.05, 0.1) is 5.69 Å². The van der Waals surface area contributed by atoms with E-state index in [1.165, 1.54) is 10.6 Å². The first kappa shape index (κ1) is 8.08. The highest BCUT2D eigenvalue weighted by atomic mass is 32.2. The zero-order valence-electron chi connectivity index (χ0n) is 7.03. The van der Waals surface area contributed by atoms with Crippen molar-refractivity contribution < 1.29 is 0 Å². The molecule has 12 heavy (non-hydrogen) atoms. The zero-order valence-corrected chi connectivity index (χ0v) is 7.84. The minimum atomic E-state index is 0.450. The number of nitrogens with zero attached hydrogens (tertiary/aromatic N) is 1. The third-order valence-corrected chi connectivity index (χ3v) is 3.58. The van der Waals surface area contributed by atoms with Crippen molar-refractivity contribution in [2.75, 3.05) is 6.54 Å². The highest BCUT2D eigenvalue weighted by Crippen LogP contribution is 2.42. The van der Waals surface area contributed by atoms with Gasteiger partial charge in [0.2, 0.25) is 0 Å². The molecule has 1 aromatic heterocycles. The molecular weight excluding hydrogens is 168 g/mol. The molecule has 0 aromatic carbocycles. The maximum atomic E-state index is 5.69. The maximum Gasteiger partial charge on any atom is 0.0593 e. The Bertz CT molecular complexity index is 288. The van der Waals surface area contributed by atoms with Crippen molar-refractivity contribution in [2.45, 2.75) is 23.0 Å². The summed E-state index contributed by atoms with van der Waals surface area (Å²) in [6.45, 7) is 2.92. The predicted molar refractivity (Wildman–Crippen MR) is 51.4 cm³/mol. The molecule has 0 spiro atoms. The van der Waals surface area contributed by atoms with Gasteiger partial charge < -0.3 is 5.73 Å². The molecule has 0 fully saturated rings. The topological polar surface area (TPSA) is 38.9 Å². The number of hydrogen-bond acceptors (Lipinski definition) is 3. The lowest BCUT2D eigenvalue weighted by molar-refractivity contribution is 0.675. The number of thioether (sulfide) groups is 1. The summed E-state index contributed by atoms with van der Waals surface area (Å²) in [4.78, 5) is 5.67. The van der Waals surface area contributed by atoms with Gasteiger partial charge in [0, 0.05) is 28.8 Å². The Kier molecular flexibility index (Phi) is 2.07. The van der Waals surface area contributed by atoms with Gasteiger partial charge >= 0.3 is 0 Å². The monoisotopic (exact) mass is 180 g/mol. The summed E-state index contributed by atoms with van der Waals surface area (Å²) in [7, 11) is 0. The molecule has 2 heterocycles. The van der Waals surface area contributed by atoms with Crippen LogP contribution >= 0.6 is 11.8 Å². The molecule has 64 valence electrons. The van der Waals surface area contributed by atoms with Crippen molar-refractivity contribution in [1.29, 1.82) is 0 Å². The van der Waals surface area contributed by atoms with Crippen LogP contribution in [0.2, 0.25) is 0 Å². The molecule has 2 atom stereocenters. The Balaban J connectivity index is 2.40. The Hall–Kier alpha value is -0.540. The Morgan fingerprint density at radius 1 is 1.67 bits per heavy atom. The number of hydrogen-bond donors (Lipinski definition) is 1. The summed E-state index contributed by atoms with van der Waals surface area (Å²) < 4.78 is 0. The first-order chi connectivity index (χ1) is 5.83. The SMILES string of the molecule is C[C@@H]1Sc2cccnc2[C@@H]1CN. The highest BCUT2D eigenvalue weighted by Gasteiger charge is 2.29. The molecule has 0 aliphatic carbocycles. The van der Waals surface area contributed by atoms with Gasteiger partial charge in [-0.1, -0.05) is 6.92 Å². The lowest BCUT2D eigenvalue weighted by Crippen LogP contribution is -2.18. The normalized spacial score (nSPS) is 27.2. The van der Waals surface area contributed by atoms with Crippen molar-refractivity contribution in [2.24, 2.45) is 5.73 Å². The van der Waals surface area contributed by atoms with E-state index in [0.29, 0.717) is 17.7 Å². The van der Waals surface area contributed by atoms with Crippen molar-refractivity contribution in [3.05, 3.63) is 24.0 Å². The van der Waals surface area contributed by atoms with E-state index in [-0.39, 0.29) is 0 Å². The van der Waals surface area contributed by atoms with E-state index in [1.54, 1.807) is 0 Å². The smallest absolute Gasteiger partial charge is 0.0593 e. The van der Waals surface area contributed by atoms with Gasteiger partial charge in [-0.15, -0.1) is 11.8 Å². The predicted octanol–water partition coefficient (Wildman–Crippen LogP) is 1.62. The van der Waals surface area contributed by atoms with Crippen LogP contribution in [0.15, 0.2) is 23.2 Å². The number of aromatic nitrogens is 1. The van der Waals surface area contributed by atoms with Crippen molar-refractivity contribution in [1.82, 2.24) is 4.98 Å². The van der Waals surface area contributed by atoms with Crippen LogP contribution in [0.4, 0.5) is 0 Å². The van der Waals surface area contributed by atoms with Crippen LogP contribution < -0.4 is 5.73 Å². The van der Waals surface area contributed by atoms with E-state index in [9.17, 15) is 0 Å². The number of pyridine rings is 1. The molecular formula is C9H12N2S. The molecule has 0 saturated heterocycles. The van der Waals surface area contributed by atoms with Crippen molar-refractivity contribution in [3.8, 4) is 0 Å². The highest BCUT2D eigenvalue weighted by molar-refractivity contribution is 8.00. The summed E-state index contributed by atoms with van der Waals surface area (Å²) in [6, 6.07) is 4.11. The molecule has 0 unspecified atom stereocenters. The van der Waals surface area contributed by atoms with E-state index < -0.39 is 0 Å². The van der Waals surface area contributed by atoms with Crippen LogP contribution in [0, 0.1) is 0 Å². The third kappa shape index (κ3) is 1.13.